The van der Waals surface area contributed by atoms with E-state index < -0.39 is 12.0 Å². The Morgan fingerprint density at radius 1 is 0.931 bits per heavy atom. The van der Waals surface area contributed by atoms with Gasteiger partial charge >= 0.3 is 0 Å². The molecule has 0 aromatic heterocycles. The van der Waals surface area contributed by atoms with E-state index in [0.717, 1.165) is 35.3 Å². The number of amides is 2. The van der Waals surface area contributed by atoms with Crippen LogP contribution in [0.1, 0.15) is 24.9 Å². The van der Waals surface area contributed by atoms with Crippen molar-refractivity contribution in [3.63, 3.8) is 0 Å². The first kappa shape index (κ1) is 18.8. The Morgan fingerprint density at radius 2 is 1.59 bits per heavy atom. The average molecular weight is 456 g/mol. The fraction of sp³-hybridized carbons (Fsp3) is 0.364. The van der Waals surface area contributed by atoms with E-state index in [1.165, 1.54) is 4.90 Å². The molecule has 150 valence electrons. The molecule has 2 aromatic carbocycles. The summed E-state index contributed by atoms with van der Waals surface area (Å²) in [6.07, 6.45) is 1.00. The first-order valence-electron chi connectivity index (χ1n) is 9.99. The van der Waals surface area contributed by atoms with E-state index in [4.69, 9.17) is 4.74 Å². The van der Waals surface area contributed by atoms with Gasteiger partial charge in [0.05, 0.1) is 24.3 Å². The van der Waals surface area contributed by atoms with Crippen LogP contribution in [0.2, 0.25) is 0 Å². The summed E-state index contributed by atoms with van der Waals surface area (Å²) in [5.41, 5.74) is 1.68. The Morgan fingerprint density at radius 3 is 2.24 bits per heavy atom. The zero-order valence-electron chi connectivity index (χ0n) is 16.1. The lowest BCUT2D eigenvalue weighted by Gasteiger charge is -2.29. The number of carbonyl (C=O) groups is 2. The molecule has 2 aromatic rings. The zero-order chi connectivity index (χ0) is 20.1. The Labute approximate surface area is 178 Å². The first-order chi connectivity index (χ1) is 14.1. The molecule has 7 heteroatoms. The molecule has 3 aliphatic rings. The van der Waals surface area contributed by atoms with E-state index in [9.17, 15) is 9.59 Å². The number of ether oxygens (including phenoxy) is 1. The average Bonchev–Trinajstić information content (AvgIpc) is 3.36. The highest BCUT2D eigenvalue weighted by molar-refractivity contribution is 9.10. The van der Waals surface area contributed by atoms with Gasteiger partial charge in [0.25, 0.3) is 5.91 Å². The number of hydrogen-bond acceptors (Lipinski definition) is 5. The van der Waals surface area contributed by atoms with Crippen LogP contribution in [-0.2, 0) is 9.59 Å². The van der Waals surface area contributed by atoms with Crippen molar-refractivity contribution in [2.24, 2.45) is 5.92 Å². The molecular formula is C22H22BrN3O3. The predicted octanol–water partition coefficient (Wildman–Crippen LogP) is 3.38. The third-order valence-electron chi connectivity index (χ3n) is 6.02. The van der Waals surface area contributed by atoms with E-state index >= 15 is 0 Å². The minimum atomic E-state index is -0.426. The largest absolute Gasteiger partial charge is 0.494 e. The van der Waals surface area contributed by atoms with Crippen molar-refractivity contribution in [1.82, 2.24) is 10.0 Å². The number of halogens is 1. The summed E-state index contributed by atoms with van der Waals surface area (Å²) in [4.78, 5) is 28.2. The van der Waals surface area contributed by atoms with Crippen LogP contribution in [0.3, 0.4) is 0 Å². The van der Waals surface area contributed by atoms with Crippen LogP contribution in [0.15, 0.2) is 53.0 Å². The molecule has 6 nitrogen and oxygen atoms in total. The van der Waals surface area contributed by atoms with Crippen molar-refractivity contribution in [1.29, 1.82) is 0 Å². The molecule has 0 saturated carbocycles. The summed E-state index contributed by atoms with van der Waals surface area (Å²) in [6, 6.07) is 14.7. The number of nitrogens with zero attached hydrogens (tertiary/aromatic N) is 3. The summed E-state index contributed by atoms with van der Waals surface area (Å²) in [5, 5.41) is 4.34. The van der Waals surface area contributed by atoms with Gasteiger partial charge in [-0.25, -0.2) is 14.9 Å². The smallest absolute Gasteiger partial charge is 0.253 e. The third kappa shape index (κ3) is 2.91. The van der Waals surface area contributed by atoms with Gasteiger partial charge in [0.15, 0.2) is 0 Å². The number of carbonyl (C=O) groups excluding carboxylic acids is 2. The SMILES string of the molecule is CCOc1ccc(N2C(=O)[C@@H]3[C@@H](c4ccc(Br)cc4)N4CCCN4[C@H]3C2=O)cc1. The summed E-state index contributed by atoms with van der Waals surface area (Å²) < 4.78 is 6.48. The highest BCUT2D eigenvalue weighted by Crippen LogP contribution is 2.49. The van der Waals surface area contributed by atoms with E-state index in [0.29, 0.717) is 12.3 Å². The van der Waals surface area contributed by atoms with Crippen molar-refractivity contribution in [2.75, 3.05) is 24.6 Å². The number of rotatable bonds is 4. The van der Waals surface area contributed by atoms with Crippen molar-refractivity contribution in [3.05, 3.63) is 58.6 Å². The van der Waals surface area contributed by atoms with Gasteiger partial charge < -0.3 is 4.74 Å². The van der Waals surface area contributed by atoms with Gasteiger partial charge in [0.1, 0.15) is 11.8 Å². The lowest BCUT2D eigenvalue weighted by atomic mass is 9.90. The quantitative estimate of drug-likeness (QED) is 0.661. The molecule has 0 bridgehead atoms. The second kappa shape index (κ2) is 7.23. The molecule has 0 aliphatic carbocycles. The maximum Gasteiger partial charge on any atom is 0.253 e. The van der Waals surface area contributed by atoms with Crippen LogP contribution in [0, 0.1) is 5.92 Å². The van der Waals surface area contributed by atoms with Gasteiger partial charge in [-0.05, 0) is 55.3 Å². The highest BCUT2D eigenvalue weighted by Gasteiger charge is 2.62. The standard InChI is InChI=1S/C22H22BrN3O3/c1-2-29-17-10-8-16(9-11-17)26-21(27)18-19(14-4-6-15(23)7-5-14)24-12-3-13-25(24)20(18)22(26)28/h4-11,18-20H,2-3,12-13H2,1H3/t18-,19-,20-/m1/s1. The number of anilines is 1. The maximum atomic E-state index is 13.5. The second-order valence-corrected chi connectivity index (χ2v) is 8.50. The van der Waals surface area contributed by atoms with Crippen molar-refractivity contribution < 1.29 is 14.3 Å². The molecule has 2 amide bonds. The molecular weight excluding hydrogens is 434 g/mol. The third-order valence-corrected chi connectivity index (χ3v) is 6.55. The summed E-state index contributed by atoms with van der Waals surface area (Å²) in [6.45, 7) is 4.18. The molecule has 3 atom stereocenters. The van der Waals surface area contributed by atoms with Crippen molar-refractivity contribution >= 4 is 33.4 Å². The molecule has 0 unspecified atom stereocenters. The summed E-state index contributed by atoms with van der Waals surface area (Å²) >= 11 is 3.48. The van der Waals surface area contributed by atoms with Crippen LogP contribution in [-0.4, -0.2) is 47.6 Å². The Kier molecular flexibility index (Phi) is 4.69. The van der Waals surface area contributed by atoms with Crippen molar-refractivity contribution in [2.45, 2.75) is 25.4 Å². The van der Waals surface area contributed by atoms with Crippen LogP contribution in [0.25, 0.3) is 0 Å². The zero-order valence-corrected chi connectivity index (χ0v) is 17.7. The molecule has 3 aliphatic heterocycles. The molecule has 0 spiro atoms. The first-order valence-corrected chi connectivity index (χ1v) is 10.8. The van der Waals surface area contributed by atoms with E-state index in [2.05, 4.69) is 25.9 Å². The number of fused-ring (bicyclic) bond motifs is 3. The molecule has 0 radical (unpaired) electrons. The predicted molar refractivity (Wildman–Crippen MR) is 112 cm³/mol. The topological polar surface area (TPSA) is 53.1 Å². The monoisotopic (exact) mass is 455 g/mol. The van der Waals surface area contributed by atoms with Gasteiger partial charge in [0, 0.05) is 17.6 Å². The van der Waals surface area contributed by atoms with Gasteiger partial charge in [-0.15, -0.1) is 0 Å². The van der Waals surface area contributed by atoms with Crippen LogP contribution in [0.4, 0.5) is 5.69 Å². The van der Waals surface area contributed by atoms with Crippen LogP contribution in [0.5, 0.6) is 5.75 Å². The van der Waals surface area contributed by atoms with E-state index in [1.54, 1.807) is 12.1 Å². The van der Waals surface area contributed by atoms with Gasteiger partial charge in [-0.2, -0.15) is 0 Å². The van der Waals surface area contributed by atoms with Crippen molar-refractivity contribution in [3.8, 4) is 5.75 Å². The Hall–Kier alpha value is -2.22. The van der Waals surface area contributed by atoms with E-state index in [-0.39, 0.29) is 17.9 Å². The molecule has 3 saturated heterocycles. The van der Waals surface area contributed by atoms with Gasteiger partial charge in [0.2, 0.25) is 5.91 Å². The fourth-order valence-corrected chi connectivity index (χ4v) is 5.15. The molecule has 3 heterocycles. The minimum Gasteiger partial charge on any atom is -0.494 e. The summed E-state index contributed by atoms with van der Waals surface area (Å²) in [7, 11) is 0. The Balaban J connectivity index is 1.51. The van der Waals surface area contributed by atoms with Gasteiger partial charge in [-0.3, -0.25) is 9.59 Å². The second-order valence-electron chi connectivity index (χ2n) is 7.59. The fourth-order valence-electron chi connectivity index (χ4n) is 4.89. The highest BCUT2D eigenvalue weighted by atomic mass is 79.9. The maximum absolute atomic E-state index is 13.5. The van der Waals surface area contributed by atoms with Crippen LogP contribution < -0.4 is 9.64 Å². The van der Waals surface area contributed by atoms with Crippen LogP contribution >= 0.6 is 15.9 Å². The molecule has 29 heavy (non-hydrogen) atoms. The lowest BCUT2D eigenvalue weighted by Crippen LogP contribution is -2.44. The van der Waals surface area contributed by atoms with E-state index in [1.807, 2.05) is 43.3 Å². The summed E-state index contributed by atoms with van der Waals surface area (Å²) in [5.74, 6) is 0.0895. The minimum absolute atomic E-state index is 0.111. The Bertz CT molecular complexity index is 947. The molecule has 0 N–H and O–H groups in total. The number of hydrogen-bond donors (Lipinski definition) is 0. The van der Waals surface area contributed by atoms with Gasteiger partial charge in [-0.1, -0.05) is 28.1 Å². The molecule has 3 fully saturated rings. The number of imide groups is 1. The number of benzene rings is 2. The normalized spacial score (nSPS) is 26.8. The lowest BCUT2D eigenvalue weighted by molar-refractivity contribution is -0.126. The molecule has 5 rings (SSSR count). The number of hydrazine groups is 1.